The highest BCUT2D eigenvalue weighted by molar-refractivity contribution is 7.12. The summed E-state index contributed by atoms with van der Waals surface area (Å²) in [4.78, 5) is 24.4. The molecule has 2 amide bonds. The van der Waals surface area contributed by atoms with Crippen LogP contribution in [-0.4, -0.2) is 24.9 Å². The van der Waals surface area contributed by atoms with Gasteiger partial charge in [-0.3, -0.25) is 9.59 Å². The van der Waals surface area contributed by atoms with Crippen LogP contribution in [0.5, 0.6) is 0 Å². The third-order valence-electron chi connectivity index (χ3n) is 4.41. The van der Waals surface area contributed by atoms with Crippen molar-refractivity contribution in [3.8, 4) is 0 Å². The summed E-state index contributed by atoms with van der Waals surface area (Å²) in [6, 6.07) is 8.04. The standard InChI is InChI=1S/C21H28N2O2S/c1-14-11-16(21(3,4)5)12-15(2)17(14)8-9-22-19(24)13-23-20(25)18-7-6-10-26-18/h6-7,10-12H,8-9,13H2,1-5H3,(H,22,24)(H,23,25). The molecule has 0 bridgehead atoms. The van der Waals surface area contributed by atoms with Gasteiger partial charge < -0.3 is 10.6 Å². The fourth-order valence-electron chi connectivity index (χ4n) is 2.87. The number of carbonyl (C=O) groups is 2. The number of carbonyl (C=O) groups excluding carboxylic acids is 2. The number of aryl methyl sites for hydroxylation is 2. The fraction of sp³-hybridized carbons (Fsp3) is 0.429. The van der Waals surface area contributed by atoms with E-state index in [-0.39, 0.29) is 23.8 Å². The van der Waals surface area contributed by atoms with Crippen LogP contribution in [0.2, 0.25) is 0 Å². The Hall–Kier alpha value is -2.14. The van der Waals surface area contributed by atoms with Crippen molar-refractivity contribution < 1.29 is 9.59 Å². The van der Waals surface area contributed by atoms with Crippen molar-refractivity contribution in [1.29, 1.82) is 0 Å². The van der Waals surface area contributed by atoms with E-state index in [2.05, 4.69) is 57.4 Å². The second-order valence-corrected chi connectivity index (χ2v) is 8.55. The highest BCUT2D eigenvalue weighted by Gasteiger charge is 2.16. The quantitative estimate of drug-likeness (QED) is 0.811. The van der Waals surface area contributed by atoms with Gasteiger partial charge >= 0.3 is 0 Å². The summed E-state index contributed by atoms with van der Waals surface area (Å²) in [5.41, 5.74) is 5.26. The zero-order chi connectivity index (χ0) is 19.3. The molecule has 0 radical (unpaired) electrons. The maximum Gasteiger partial charge on any atom is 0.261 e. The summed E-state index contributed by atoms with van der Waals surface area (Å²) >= 11 is 1.36. The lowest BCUT2D eigenvalue weighted by molar-refractivity contribution is -0.120. The predicted octanol–water partition coefficient (Wildman–Crippen LogP) is 3.75. The lowest BCUT2D eigenvalue weighted by atomic mass is 9.83. The van der Waals surface area contributed by atoms with Crippen LogP contribution < -0.4 is 10.6 Å². The Kier molecular flexibility index (Phi) is 6.59. The number of nitrogens with one attached hydrogen (secondary N) is 2. The van der Waals surface area contributed by atoms with E-state index in [4.69, 9.17) is 0 Å². The number of amides is 2. The molecule has 26 heavy (non-hydrogen) atoms. The van der Waals surface area contributed by atoms with Crippen molar-refractivity contribution in [3.05, 3.63) is 56.8 Å². The van der Waals surface area contributed by atoms with Gasteiger partial charge in [-0.25, -0.2) is 0 Å². The molecule has 2 aromatic rings. The highest BCUT2D eigenvalue weighted by Crippen LogP contribution is 2.27. The fourth-order valence-corrected chi connectivity index (χ4v) is 3.51. The number of hydrogen-bond acceptors (Lipinski definition) is 3. The van der Waals surface area contributed by atoms with Crippen molar-refractivity contribution >= 4 is 23.2 Å². The molecule has 4 nitrogen and oxygen atoms in total. The maximum absolute atomic E-state index is 11.9. The van der Waals surface area contributed by atoms with Gasteiger partial charge in [0.2, 0.25) is 5.91 Å². The number of benzene rings is 1. The van der Waals surface area contributed by atoms with Crippen LogP contribution in [0.15, 0.2) is 29.6 Å². The van der Waals surface area contributed by atoms with Crippen LogP contribution in [0, 0.1) is 13.8 Å². The molecule has 1 aromatic carbocycles. The molecule has 0 aliphatic heterocycles. The van der Waals surface area contributed by atoms with Crippen molar-refractivity contribution in [3.63, 3.8) is 0 Å². The van der Waals surface area contributed by atoms with Gasteiger partial charge in [0, 0.05) is 6.54 Å². The number of thiophene rings is 1. The summed E-state index contributed by atoms with van der Waals surface area (Å²) in [5.74, 6) is -0.379. The Balaban J connectivity index is 1.84. The molecule has 0 saturated carbocycles. The second kappa shape index (κ2) is 8.49. The maximum atomic E-state index is 11.9. The van der Waals surface area contributed by atoms with E-state index in [1.54, 1.807) is 6.07 Å². The second-order valence-electron chi connectivity index (χ2n) is 7.60. The van der Waals surface area contributed by atoms with Gasteiger partial charge in [0.25, 0.3) is 5.91 Å². The minimum Gasteiger partial charge on any atom is -0.354 e. The van der Waals surface area contributed by atoms with E-state index in [1.807, 2.05) is 11.4 Å². The average Bonchev–Trinajstić information content (AvgIpc) is 3.08. The van der Waals surface area contributed by atoms with Gasteiger partial charge in [-0.15, -0.1) is 11.3 Å². The van der Waals surface area contributed by atoms with Gasteiger partial charge in [-0.05, 0) is 59.4 Å². The lowest BCUT2D eigenvalue weighted by Gasteiger charge is -2.22. The Bertz CT molecular complexity index is 751. The van der Waals surface area contributed by atoms with Crippen LogP contribution >= 0.6 is 11.3 Å². The van der Waals surface area contributed by atoms with Crippen LogP contribution in [0.1, 0.15) is 52.7 Å². The summed E-state index contributed by atoms with van der Waals surface area (Å²) in [6.07, 6.45) is 0.784. The van der Waals surface area contributed by atoms with Gasteiger partial charge in [0.05, 0.1) is 11.4 Å². The Morgan fingerprint density at radius 3 is 2.27 bits per heavy atom. The van der Waals surface area contributed by atoms with Crippen molar-refractivity contribution in [2.24, 2.45) is 0 Å². The van der Waals surface area contributed by atoms with Gasteiger partial charge in [0.15, 0.2) is 0 Å². The van der Waals surface area contributed by atoms with E-state index in [0.29, 0.717) is 11.4 Å². The first kappa shape index (κ1) is 20.2. The SMILES string of the molecule is Cc1cc(C(C)(C)C)cc(C)c1CCNC(=O)CNC(=O)c1cccs1. The molecule has 0 spiro atoms. The molecule has 1 heterocycles. The zero-order valence-electron chi connectivity index (χ0n) is 16.2. The third-order valence-corrected chi connectivity index (χ3v) is 5.28. The molecule has 0 fully saturated rings. The molecule has 0 unspecified atom stereocenters. The van der Waals surface area contributed by atoms with Crippen molar-refractivity contribution in [1.82, 2.24) is 10.6 Å². The van der Waals surface area contributed by atoms with Crippen LogP contribution in [0.3, 0.4) is 0 Å². The molecule has 2 rings (SSSR count). The highest BCUT2D eigenvalue weighted by atomic mass is 32.1. The van der Waals surface area contributed by atoms with Crippen LogP contribution in [-0.2, 0) is 16.6 Å². The Morgan fingerprint density at radius 1 is 1.08 bits per heavy atom. The minimum atomic E-state index is -0.209. The molecular weight excluding hydrogens is 344 g/mol. The molecule has 140 valence electrons. The van der Waals surface area contributed by atoms with E-state index < -0.39 is 0 Å². The van der Waals surface area contributed by atoms with E-state index in [0.717, 1.165) is 6.42 Å². The number of hydrogen-bond donors (Lipinski definition) is 2. The normalized spacial score (nSPS) is 11.3. The van der Waals surface area contributed by atoms with Gasteiger partial charge in [0.1, 0.15) is 0 Å². The van der Waals surface area contributed by atoms with E-state index in [1.165, 1.54) is 33.6 Å². The first-order chi connectivity index (χ1) is 12.2. The largest absolute Gasteiger partial charge is 0.354 e. The molecule has 0 saturated heterocycles. The predicted molar refractivity (Wildman–Crippen MR) is 108 cm³/mol. The molecular formula is C21H28N2O2S. The Labute approximate surface area is 160 Å². The van der Waals surface area contributed by atoms with Crippen LogP contribution in [0.4, 0.5) is 0 Å². The molecule has 5 heteroatoms. The first-order valence-corrected chi connectivity index (χ1v) is 9.75. The topological polar surface area (TPSA) is 58.2 Å². The van der Waals surface area contributed by atoms with E-state index >= 15 is 0 Å². The minimum absolute atomic E-state index is 0.00232. The molecule has 1 aromatic heterocycles. The average molecular weight is 373 g/mol. The van der Waals surface area contributed by atoms with Crippen molar-refractivity contribution in [2.75, 3.05) is 13.1 Å². The molecule has 0 aliphatic rings. The zero-order valence-corrected chi connectivity index (χ0v) is 17.0. The van der Waals surface area contributed by atoms with Gasteiger partial charge in [-0.1, -0.05) is 39.0 Å². The smallest absolute Gasteiger partial charge is 0.261 e. The first-order valence-electron chi connectivity index (χ1n) is 8.87. The molecule has 0 atom stereocenters. The summed E-state index contributed by atoms with van der Waals surface area (Å²) in [5, 5.41) is 7.36. The van der Waals surface area contributed by atoms with Crippen LogP contribution in [0.25, 0.3) is 0 Å². The molecule has 0 aliphatic carbocycles. The Morgan fingerprint density at radius 2 is 1.73 bits per heavy atom. The van der Waals surface area contributed by atoms with Gasteiger partial charge in [-0.2, -0.15) is 0 Å². The number of rotatable bonds is 6. The summed E-state index contributed by atoms with van der Waals surface area (Å²) in [6.45, 7) is 11.5. The van der Waals surface area contributed by atoms with Crippen molar-refractivity contribution in [2.45, 2.75) is 46.5 Å². The van der Waals surface area contributed by atoms with E-state index in [9.17, 15) is 9.59 Å². The summed E-state index contributed by atoms with van der Waals surface area (Å²) in [7, 11) is 0. The summed E-state index contributed by atoms with van der Waals surface area (Å²) < 4.78 is 0. The molecule has 2 N–H and O–H groups in total. The lowest BCUT2D eigenvalue weighted by Crippen LogP contribution is -2.37. The third kappa shape index (κ3) is 5.43. The monoisotopic (exact) mass is 372 g/mol.